The molecule has 112 valence electrons. The van der Waals surface area contributed by atoms with Crippen LogP contribution in [0.2, 0.25) is 0 Å². The van der Waals surface area contributed by atoms with E-state index in [1.165, 1.54) is 11.8 Å². The van der Waals surface area contributed by atoms with Gasteiger partial charge >= 0.3 is 0 Å². The Morgan fingerprint density at radius 2 is 2.14 bits per heavy atom. The molecule has 21 heavy (non-hydrogen) atoms. The van der Waals surface area contributed by atoms with E-state index in [9.17, 15) is 10.1 Å². The molecule has 0 aliphatic heterocycles. The molecule has 5 heteroatoms. The average Bonchev–Trinajstić information content (AvgIpc) is 2.47. The van der Waals surface area contributed by atoms with Gasteiger partial charge in [0, 0.05) is 9.37 Å². The standard InChI is InChI=1S/C16H19BrN2OS/c1-12-9-13(17)5-6-14(12)21-10-15(20)19-16(11-18)7-3-2-4-8-16/h5-6,9H,2-4,7-8,10H2,1H3,(H,19,20). The molecule has 2 rings (SSSR count). The highest BCUT2D eigenvalue weighted by Crippen LogP contribution is 2.29. The van der Waals surface area contributed by atoms with Gasteiger partial charge in [-0.15, -0.1) is 11.8 Å². The molecule has 0 atom stereocenters. The molecule has 3 nitrogen and oxygen atoms in total. The third-order valence-electron chi connectivity index (χ3n) is 3.80. The van der Waals surface area contributed by atoms with Crippen LogP contribution >= 0.6 is 27.7 Å². The summed E-state index contributed by atoms with van der Waals surface area (Å²) in [5.74, 6) is 0.303. The fourth-order valence-electron chi connectivity index (χ4n) is 2.64. The molecule has 0 saturated heterocycles. The van der Waals surface area contributed by atoms with Crippen molar-refractivity contribution in [2.75, 3.05) is 5.75 Å². The van der Waals surface area contributed by atoms with E-state index in [1.54, 1.807) is 0 Å². The van der Waals surface area contributed by atoms with Crippen LogP contribution in [-0.4, -0.2) is 17.2 Å². The van der Waals surface area contributed by atoms with Crippen LogP contribution in [0.5, 0.6) is 0 Å². The molecule has 0 aromatic heterocycles. The molecule has 0 unspecified atom stereocenters. The number of rotatable bonds is 4. The predicted molar refractivity (Wildman–Crippen MR) is 89.2 cm³/mol. The van der Waals surface area contributed by atoms with Gasteiger partial charge in [-0.1, -0.05) is 35.2 Å². The largest absolute Gasteiger partial charge is 0.337 e. The van der Waals surface area contributed by atoms with Crippen molar-refractivity contribution in [3.63, 3.8) is 0 Å². The molecule has 0 radical (unpaired) electrons. The monoisotopic (exact) mass is 366 g/mol. The van der Waals surface area contributed by atoms with Crippen molar-refractivity contribution in [2.45, 2.75) is 49.5 Å². The van der Waals surface area contributed by atoms with E-state index in [2.05, 4.69) is 27.3 Å². The van der Waals surface area contributed by atoms with E-state index in [0.29, 0.717) is 5.75 Å². The summed E-state index contributed by atoms with van der Waals surface area (Å²) in [7, 11) is 0. The van der Waals surface area contributed by atoms with E-state index in [4.69, 9.17) is 0 Å². The first kappa shape index (κ1) is 16.4. The summed E-state index contributed by atoms with van der Waals surface area (Å²) in [5.41, 5.74) is 0.514. The normalized spacial score (nSPS) is 17.0. The fourth-order valence-corrected chi connectivity index (χ4v) is 3.93. The lowest BCUT2D eigenvalue weighted by atomic mass is 9.83. The zero-order valence-electron chi connectivity index (χ0n) is 12.1. The minimum atomic E-state index is -0.634. The highest BCUT2D eigenvalue weighted by Gasteiger charge is 2.33. The van der Waals surface area contributed by atoms with Crippen molar-refractivity contribution in [3.05, 3.63) is 28.2 Å². The van der Waals surface area contributed by atoms with Gasteiger partial charge in [0.25, 0.3) is 0 Å². The number of hydrogen-bond acceptors (Lipinski definition) is 3. The highest BCUT2D eigenvalue weighted by molar-refractivity contribution is 9.10. The van der Waals surface area contributed by atoms with Gasteiger partial charge in [0.05, 0.1) is 11.8 Å². The minimum Gasteiger partial charge on any atom is -0.337 e. The topological polar surface area (TPSA) is 52.9 Å². The van der Waals surface area contributed by atoms with Crippen LogP contribution < -0.4 is 5.32 Å². The molecule has 1 aliphatic carbocycles. The van der Waals surface area contributed by atoms with E-state index < -0.39 is 5.54 Å². The lowest BCUT2D eigenvalue weighted by Gasteiger charge is -2.31. The van der Waals surface area contributed by atoms with Gasteiger partial charge < -0.3 is 5.32 Å². The number of benzene rings is 1. The van der Waals surface area contributed by atoms with Gasteiger partial charge in [-0.05, 0) is 43.5 Å². The third-order valence-corrected chi connectivity index (χ3v) is 5.46. The first-order chi connectivity index (χ1) is 10.0. The number of thioether (sulfide) groups is 1. The lowest BCUT2D eigenvalue weighted by Crippen LogP contribution is -2.49. The molecule has 1 fully saturated rings. The zero-order valence-corrected chi connectivity index (χ0v) is 14.5. The van der Waals surface area contributed by atoms with Gasteiger partial charge in [0.15, 0.2) is 0 Å². The van der Waals surface area contributed by atoms with Gasteiger partial charge in [-0.25, -0.2) is 0 Å². The van der Waals surface area contributed by atoms with Crippen molar-refractivity contribution in [1.29, 1.82) is 5.26 Å². The number of hydrogen-bond donors (Lipinski definition) is 1. The number of nitrogens with one attached hydrogen (secondary N) is 1. The first-order valence-electron chi connectivity index (χ1n) is 7.16. The molecule has 0 heterocycles. The Labute approximate surface area is 138 Å². The quantitative estimate of drug-likeness (QED) is 0.812. The molecule has 1 aromatic carbocycles. The average molecular weight is 367 g/mol. The summed E-state index contributed by atoms with van der Waals surface area (Å²) < 4.78 is 1.04. The number of amides is 1. The Hall–Kier alpha value is -0.990. The molecule has 1 saturated carbocycles. The maximum Gasteiger partial charge on any atom is 0.231 e. The molecule has 1 aromatic rings. The molecule has 0 bridgehead atoms. The van der Waals surface area contributed by atoms with Crippen molar-refractivity contribution in [2.24, 2.45) is 0 Å². The Morgan fingerprint density at radius 1 is 1.43 bits per heavy atom. The van der Waals surface area contributed by atoms with Crippen LogP contribution in [-0.2, 0) is 4.79 Å². The summed E-state index contributed by atoms with van der Waals surface area (Å²) >= 11 is 4.95. The molecular weight excluding hydrogens is 348 g/mol. The molecule has 1 aliphatic rings. The maximum atomic E-state index is 12.1. The number of nitrogens with zero attached hydrogens (tertiary/aromatic N) is 1. The Morgan fingerprint density at radius 3 is 2.76 bits per heavy atom. The van der Waals surface area contributed by atoms with Crippen molar-refractivity contribution in [1.82, 2.24) is 5.32 Å². The fraction of sp³-hybridized carbons (Fsp3) is 0.500. The van der Waals surface area contributed by atoms with Crippen molar-refractivity contribution < 1.29 is 4.79 Å². The van der Waals surface area contributed by atoms with E-state index in [1.807, 2.05) is 25.1 Å². The SMILES string of the molecule is Cc1cc(Br)ccc1SCC(=O)NC1(C#N)CCCCC1. The van der Waals surface area contributed by atoms with Crippen LogP contribution in [0, 0.1) is 18.3 Å². The smallest absolute Gasteiger partial charge is 0.231 e. The van der Waals surface area contributed by atoms with Crippen LogP contribution in [0.3, 0.4) is 0 Å². The second-order valence-corrected chi connectivity index (χ2v) is 7.43. The third kappa shape index (κ3) is 4.49. The molecule has 1 N–H and O–H groups in total. The maximum absolute atomic E-state index is 12.1. The second-order valence-electron chi connectivity index (χ2n) is 5.50. The van der Waals surface area contributed by atoms with Crippen LogP contribution in [0.15, 0.2) is 27.6 Å². The van der Waals surface area contributed by atoms with Gasteiger partial charge in [-0.2, -0.15) is 5.26 Å². The Bertz CT molecular complexity index is 562. The van der Waals surface area contributed by atoms with Gasteiger partial charge in [0.1, 0.15) is 5.54 Å². The molecular formula is C16H19BrN2OS. The number of halogens is 1. The number of aryl methyl sites for hydroxylation is 1. The van der Waals surface area contributed by atoms with Gasteiger partial charge in [0.2, 0.25) is 5.91 Å². The molecule has 1 amide bonds. The zero-order chi connectivity index (χ0) is 15.3. The second kappa shape index (κ2) is 7.33. The van der Waals surface area contributed by atoms with Crippen LogP contribution in [0.25, 0.3) is 0 Å². The summed E-state index contributed by atoms with van der Waals surface area (Å²) in [5, 5.41) is 12.3. The van der Waals surface area contributed by atoms with Gasteiger partial charge in [-0.3, -0.25) is 4.79 Å². The summed E-state index contributed by atoms with van der Waals surface area (Å²) in [6.07, 6.45) is 4.75. The van der Waals surface area contributed by atoms with Crippen molar-refractivity contribution >= 4 is 33.6 Å². The summed E-state index contributed by atoms with van der Waals surface area (Å²) in [6, 6.07) is 8.35. The van der Waals surface area contributed by atoms with E-state index in [-0.39, 0.29) is 5.91 Å². The lowest BCUT2D eigenvalue weighted by molar-refractivity contribution is -0.120. The first-order valence-corrected chi connectivity index (χ1v) is 8.94. The van der Waals surface area contributed by atoms with Crippen LogP contribution in [0.4, 0.5) is 0 Å². The summed E-state index contributed by atoms with van der Waals surface area (Å²) in [4.78, 5) is 13.2. The Kier molecular flexibility index (Phi) is 5.72. The Balaban J connectivity index is 1.91. The van der Waals surface area contributed by atoms with E-state index in [0.717, 1.165) is 47.0 Å². The number of carbonyl (C=O) groups is 1. The summed E-state index contributed by atoms with van der Waals surface area (Å²) in [6.45, 7) is 2.03. The number of carbonyl (C=O) groups excluding carboxylic acids is 1. The predicted octanol–water partition coefficient (Wildman–Crippen LogP) is 4.19. The van der Waals surface area contributed by atoms with E-state index >= 15 is 0 Å². The van der Waals surface area contributed by atoms with Crippen molar-refractivity contribution in [3.8, 4) is 6.07 Å². The number of nitriles is 1. The van der Waals surface area contributed by atoms with Crippen LogP contribution in [0.1, 0.15) is 37.7 Å². The highest BCUT2D eigenvalue weighted by atomic mass is 79.9. The minimum absolute atomic E-state index is 0.0502. The molecule has 0 spiro atoms.